The van der Waals surface area contributed by atoms with Crippen molar-refractivity contribution in [2.45, 2.75) is 6.92 Å². The highest BCUT2D eigenvalue weighted by atomic mass is 79.9. The molecule has 1 N–H and O–H groups in total. The van der Waals surface area contributed by atoms with Crippen molar-refractivity contribution >= 4 is 33.5 Å². The van der Waals surface area contributed by atoms with Crippen molar-refractivity contribution in [1.82, 2.24) is 4.98 Å². The molecule has 1 aromatic carbocycles. The van der Waals surface area contributed by atoms with E-state index in [-0.39, 0.29) is 11.4 Å². The van der Waals surface area contributed by atoms with Crippen LogP contribution in [-0.4, -0.2) is 16.1 Å². The summed E-state index contributed by atoms with van der Waals surface area (Å²) in [5.41, 5.74) is 0.792. The number of pyridine rings is 1. The third kappa shape index (κ3) is 3.24. The Bertz CT molecular complexity index is 646. The van der Waals surface area contributed by atoms with Gasteiger partial charge in [0.25, 0.3) is 0 Å². The predicted octanol–water partition coefficient (Wildman–Crippen LogP) is 4.30. The molecule has 1 aromatic heterocycles. The normalized spacial score (nSPS) is 10.3. The lowest BCUT2D eigenvalue weighted by molar-refractivity contribution is 0.0687. The smallest absolute Gasteiger partial charge is 0.358 e. The number of hydrogen-bond donors (Lipinski definition) is 1. The van der Waals surface area contributed by atoms with Crippen LogP contribution in [0.2, 0.25) is 5.02 Å². The van der Waals surface area contributed by atoms with Gasteiger partial charge in [-0.2, -0.15) is 0 Å². The zero-order valence-electron chi connectivity index (χ0n) is 9.85. The summed E-state index contributed by atoms with van der Waals surface area (Å²) in [7, 11) is 0. The minimum Gasteiger partial charge on any atom is -0.476 e. The second-order valence-electron chi connectivity index (χ2n) is 3.84. The largest absolute Gasteiger partial charge is 0.476 e. The Hall–Kier alpha value is -1.59. The number of nitrogens with zero attached hydrogens (tertiary/aromatic N) is 1. The van der Waals surface area contributed by atoms with Gasteiger partial charge in [-0.15, -0.1) is 0 Å². The molecular formula is C13H9BrClNO3. The molecule has 0 saturated heterocycles. The standard InChI is InChI=1S/C13H9BrClNO3/c1-7-2-3-9(15)10(4-7)19-11-5-8(14)6-16-12(11)13(17)18/h2-6H,1H3,(H,17,18). The number of carboxylic acids is 1. The molecule has 0 unspecified atom stereocenters. The van der Waals surface area contributed by atoms with Gasteiger partial charge in [0.1, 0.15) is 5.75 Å². The molecule has 0 fully saturated rings. The second kappa shape index (κ2) is 5.59. The summed E-state index contributed by atoms with van der Waals surface area (Å²) in [6.45, 7) is 1.89. The summed E-state index contributed by atoms with van der Waals surface area (Å²) >= 11 is 9.24. The van der Waals surface area contributed by atoms with E-state index in [1.807, 2.05) is 13.0 Å². The van der Waals surface area contributed by atoms with Gasteiger partial charge in [-0.25, -0.2) is 9.78 Å². The van der Waals surface area contributed by atoms with Crippen molar-refractivity contribution in [3.8, 4) is 11.5 Å². The van der Waals surface area contributed by atoms with E-state index in [2.05, 4.69) is 20.9 Å². The van der Waals surface area contributed by atoms with Crippen LogP contribution in [0.4, 0.5) is 0 Å². The van der Waals surface area contributed by atoms with Crippen molar-refractivity contribution in [3.63, 3.8) is 0 Å². The van der Waals surface area contributed by atoms with E-state index < -0.39 is 5.97 Å². The summed E-state index contributed by atoms with van der Waals surface area (Å²) in [5, 5.41) is 9.47. The number of hydrogen-bond acceptors (Lipinski definition) is 3. The molecule has 0 amide bonds. The van der Waals surface area contributed by atoms with Crippen LogP contribution >= 0.6 is 27.5 Å². The average molecular weight is 343 g/mol. The summed E-state index contributed by atoms with van der Waals surface area (Å²) < 4.78 is 6.18. The van der Waals surface area contributed by atoms with E-state index in [4.69, 9.17) is 21.4 Å². The Kier molecular flexibility index (Phi) is 4.07. The number of aryl methyl sites for hydroxylation is 1. The van der Waals surface area contributed by atoms with Crippen molar-refractivity contribution in [2.75, 3.05) is 0 Å². The van der Waals surface area contributed by atoms with E-state index in [0.717, 1.165) is 5.56 Å². The molecular weight excluding hydrogens is 334 g/mol. The molecule has 0 aliphatic rings. The molecule has 0 aliphatic carbocycles. The van der Waals surface area contributed by atoms with Gasteiger partial charge in [0.15, 0.2) is 11.4 Å². The maximum Gasteiger partial charge on any atom is 0.358 e. The van der Waals surface area contributed by atoms with Crippen LogP contribution in [0.15, 0.2) is 34.9 Å². The molecule has 2 rings (SSSR count). The van der Waals surface area contributed by atoms with Crippen molar-refractivity contribution < 1.29 is 14.6 Å². The van der Waals surface area contributed by atoms with E-state index in [0.29, 0.717) is 15.2 Å². The molecule has 6 heteroatoms. The lowest BCUT2D eigenvalue weighted by atomic mass is 10.2. The Morgan fingerprint density at radius 1 is 1.37 bits per heavy atom. The van der Waals surface area contributed by atoms with Gasteiger partial charge in [-0.1, -0.05) is 17.7 Å². The first-order chi connectivity index (χ1) is 8.97. The summed E-state index contributed by atoms with van der Waals surface area (Å²) in [5.74, 6) is -0.635. The van der Waals surface area contributed by atoms with Gasteiger partial charge in [-0.3, -0.25) is 0 Å². The number of rotatable bonds is 3. The highest BCUT2D eigenvalue weighted by molar-refractivity contribution is 9.10. The number of carbonyl (C=O) groups is 1. The third-order valence-corrected chi connectivity index (χ3v) is 3.07. The number of carboxylic acid groups (broad SMARTS) is 1. The number of halogens is 2. The molecule has 4 nitrogen and oxygen atoms in total. The predicted molar refractivity (Wildman–Crippen MR) is 75.2 cm³/mol. The van der Waals surface area contributed by atoms with Gasteiger partial charge in [0, 0.05) is 10.7 Å². The fourth-order valence-electron chi connectivity index (χ4n) is 1.47. The Labute approximate surface area is 123 Å². The van der Waals surface area contributed by atoms with E-state index in [1.54, 1.807) is 12.1 Å². The molecule has 1 heterocycles. The van der Waals surface area contributed by atoms with Crippen LogP contribution < -0.4 is 4.74 Å². The molecule has 98 valence electrons. The molecule has 0 saturated carbocycles. The highest BCUT2D eigenvalue weighted by Gasteiger charge is 2.15. The lowest BCUT2D eigenvalue weighted by Gasteiger charge is -2.10. The fourth-order valence-corrected chi connectivity index (χ4v) is 1.93. The number of ether oxygens (including phenoxy) is 1. The molecule has 0 spiro atoms. The van der Waals surface area contributed by atoms with Crippen LogP contribution in [0, 0.1) is 6.92 Å². The quantitative estimate of drug-likeness (QED) is 0.903. The monoisotopic (exact) mass is 341 g/mol. The maximum atomic E-state index is 11.1. The number of aromatic carboxylic acids is 1. The van der Waals surface area contributed by atoms with E-state index >= 15 is 0 Å². The maximum absolute atomic E-state index is 11.1. The van der Waals surface area contributed by atoms with Crippen LogP contribution in [0.1, 0.15) is 16.1 Å². The first-order valence-electron chi connectivity index (χ1n) is 5.30. The van der Waals surface area contributed by atoms with Gasteiger partial charge in [0.05, 0.1) is 5.02 Å². The number of aromatic nitrogens is 1. The van der Waals surface area contributed by atoms with Gasteiger partial charge in [-0.05, 0) is 46.6 Å². The average Bonchev–Trinajstić information content (AvgIpc) is 2.33. The second-order valence-corrected chi connectivity index (χ2v) is 5.16. The summed E-state index contributed by atoms with van der Waals surface area (Å²) in [6, 6.07) is 6.80. The van der Waals surface area contributed by atoms with Crippen LogP contribution in [-0.2, 0) is 0 Å². The molecule has 0 bridgehead atoms. The summed E-state index contributed by atoms with van der Waals surface area (Å²) in [4.78, 5) is 14.9. The van der Waals surface area contributed by atoms with Crippen LogP contribution in [0.25, 0.3) is 0 Å². The van der Waals surface area contributed by atoms with Crippen molar-refractivity contribution in [3.05, 3.63) is 51.2 Å². The molecule has 19 heavy (non-hydrogen) atoms. The van der Waals surface area contributed by atoms with E-state index in [9.17, 15) is 4.79 Å². The topological polar surface area (TPSA) is 59.4 Å². The molecule has 0 radical (unpaired) electrons. The molecule has 0 aliphatic heterocycles. The minimum atomic E-state index is -1.16. The van der Waals surface area contributed by atoms with Gasteiger partial charge >= 0.3 is 5.97 Å². The van der Waals surface area contributed by atoms with Gasteiger partial charge in [0.2, 0.25) is 0 Å². The SMILES string of the molecule is Cc1ccc(Cl)c(Oc2cc(Br)cnc2C(=O)O)c1. The molecule has 2 aromatic rings. The highest BCUT2D eigenvalue weighted by Crippen LogP contribution is 2.32. The van der Waals surface area contributed by atoms with Crippen molar-refractivity contribution in [2.24, 2.45) is 0 Å². The first kappa shape index (κ1) is 13.8. The first-order valence-corrected chi connectivity index (χ1v) is 6.47. The number of benzene rings is 1. The Balaban J connectivity index is 2.45. The Morgan fingerprint density at radius 2 is 2.11 bits per heavy atom. The van der Waals surface area contributed by atoms with Gasteiger partial charge < -0.3 is 9.84 Å². The zero-order chi connectivity index (χ0) is 14.0. The molecule has 0 atom stereocenters. The zero-order valence-corrected chi connectivity index (χ0v) is 12.2. The van der Waals surface area contributed by atoms with Crippen LogP contribution in [0.5, 0.6) is 11.5 Å². The lowest BCUT2D eigenvalue weighted by Crippen LogP contribution is -2.03. The fraction of sp³-hybridized carbons (Fsp3) is 0.0769. The van der Waals surface area contributed by atoms with Crippen molar-refractivity contribution in [1.29, 1.82) is 0 Å². The Morgan fingerprint density at radius 3 is 2.79 bits per heavy atom. The van der Waals surface area contributed by atoms with Crippen LogP contribution in [0.3, 0.4) is 0 Å². The summed E-state index contributed by atoms with van der Waals surface area (Å²) in [6.07, 6.45) is 1.40. The third-order valence-electron chi connectivity index (χ3n) is 2.33. The minimum absolute atomic E-state index is 0.134. The van der Waals surface area contributed by atoms with E-state index in [1.165, 1.54) is 12.3 Å².